The molecule has 0 saturated carbocycles. The highest BCUT2D eigenvalue weighted by Gasteiger charge is 2.15. The van der Waals surface area contributed by atoms with E-state index >= 15 is 0 Å². The summed E-state index contributed by atoms with van der Waals surface area (Å²) in [4.78, 5) is 13.2. The zero-order chi connectivity index (χ0) is 12.1. The van der Waals surface area contributed by atoms with Crippen molar-refractivity contribution in [1.82, 2.24) is 9.27 Å². The Morgan fingerprint density at radius 3 is 2.81 bits per heavy atom. The number of amides is 1. The summed E-state index contributed by atoms with van der Waals surface area (Å²) in [6, 6.07) is 0. The Hall–Kier alpha value is -1.34. The number of rotatable bonds is 6. The first-order chi connectivity index (χ1) is 7.52. The summed E-state index contributed by atoms with van der Waals surface area (Å²) in [6.45, 7) is 1.74. The molecule has 0 unspecified atom stereocenters. The maximum Gasteiger partial charge on any atom is 0.255 e. The number of hydrogen-bond acceptors (Lipinski definition) is 6. The quantitative estimate of drug-likeness (QED) is 0.620. The fraction of sp³-hybridized carbons (Fsp3) is 0.556. The molecule has 7 heteroatoms. The third-order valence-electron chi connectivity index (χ3n) is 2.03. The van der Waals surface area contributed by atoms with E-state index in [1.165, 1.54) is 0 Å². The van der Waals surface area contributed by atoms with Gasteiger partial charge in [0.15, 0.2) is 5.82 Å². The summed E-state index contributed by atoms with van der Waals surface area (Å²) < 4.78 is 3.90. The van der Waals surface area contributed by atoms with Gasteiger partial charge < -0.3 is 21.7 Å². The second kappa shape index (κ2) is 5.66. The van der Waals surface area contributed by atoms with Crippen molar-refractivity contribution in [1.29, 1.82) is 0 Å². The van der Waals surface area contributed by atoms with E-state index in [0.29, 0.717) is 10.6 Å². The molecule has 1 aromatic heterocycles. The maximum atomic E-state index is 11.1. The molecule has 0 aromatic carbocycles. The second-order valence-electron chi connectivity index (χ2n) is 3.72. The first-order valence-corrected chi connectivity index (χ1v) is 5.73. The summed E-state index contributed by atoms with van der Waals surface area (Å²) in [5.74, 6) is -0.339. The van der Waals surface area contributed by atoms with Crippen LogP contribution in [0.3, 0.4) is 0 Å². The molecular formula is C9H17N5OS. The SMILES string of the molecule is CN(C)CCCNc1snc(N)c1C(N)=O. The van der Waals surface area contributed by atoms with Crippen LogP contribution in [-0.4, -0.2) is 42.4 Å². The standard InChI is InChI=1S/C9H17N5OS/c1-14(2)5-3-4-12-9-6(8(11)15)7(10)13-16-9/h12H,3-5H2,1-2H3,(H2,10,13)(H2,11,15). The number of nitrogens with zero attached hydrogens (tertiary/aromatic N) is 2. The van der Waals surface area contributed by atoms with Gasteiger partial charge in [-0.25, -0.2) is 0 Å². The van der Waals surface area contributed by atoms with Gasteiger partial charge in [0.05, 0.1) is 0 Å². The molecule has 1 aromatic rings. The minimum atomic E-state index is -0.540. The monoisotopic (exact) mass is 243 g/mol. The van der Waals surface area contributed by atoms with Crippen LogP contribution in [0.25, 0.3) is 0 Å². The van der Waals surface area contributed by atoms with Crippen LogP contribution >= 0.6 is 11.5 Å². The van der Waals surface area contributed by atoms with Gasteiger partial charge in [0.2, 0.25) is 0 Å². The van der Waals surface area contributed by atoms with Crippen molar-refractivity contribution in [3.8, 4) is 0 Å². The Morgan fingerprint density at radius 2 is 2.25 bits per heavy atom. The van der Waals surface area contributed by atoms with Crippen molar-refractivity contribution in [2.24, 2.45) is 5.73 Å². The van der Waals surface area contributed by atoms with Crippen molar-refractivity contribution in [2.75, 3.05) is 38.2 Å². The van der Waals surface area contributed by atoms with Gasteiger partial charge in [0.1, 0.15) is 10.6 Å². The minimum absolute atomic E-state index is 0.201. The molecule has 0 fully saturated rings. The molecule has 0 spiro atoms. The highest BCUT2D eigenvalue weighted by molar-refractivity contribution is 7.11. The van der Waals surface area contributed by atoms with E-state index in [9.17, 15) is 4.79 Å². The highest BCUT2D eigenvalue weighted by atomic mass is 32.1. The van der Waals surface area contributed by atoms with Crippen molar-refractivity contribution in [2.45, 2.75) is 6.42 Å². The summed E-state index contributed by atoms with van der Waals surface area (Å²) in [5, 5.41) is 3.78. The number of nitrogen functional groups attached to an aromatic ring is 1. The molecule has 1 amide bonds. The molecule has 0 radical (unpaired) electrons. The lowest BCUT2D eigenvalue weighted by atomic mass is 10.3. The van der Waals surface area contributed by atoms with Gasteiger partial charge in [-0.2, -0.15) is 4.37 Å². The summed E-state index contributed by atoms with van der Waals surface area (Å²) >= 11 is 1.16. The number of nitrogens with two attached hydrogens (primary N) is 2. The summed E-state index contributed by atoms with van der Waals surface area (Å²) in [5.41, 5.74) is 11.1. The molecule has 5 N–H and O–H groups in total. The van der Waals surface area contributed by atoms with Crippen molar-refractivity contribution >= 4 is 28.3 Å². The number of hydrogen-bond donors (Lipinski definition) is 3. The lowest BCUT2D eigenvalue weighted by Crippen LogP contribution is -2.18. The maximum absolute atomic E-state index is 11.1. The fourth-order valence-corrected chi connectivity index (χ4v) is 2.00. The van der Waals surface area contributed by atoms with Crippen LogP contribution in [0.4, 0.5) is 10.8 Å². The van der Waals surface area contributed by atoms with E-state index < -0.39 is 5.91 Å². The molecule has 90 valence electrons. The number of aromatic nitrogens is 1. The van der Waals surface area contributed by atoms with Gasteiger partial charge in [-0.05, 0) is 38.6 Å². The van der Waals surface area contributed by atoms with Gasteiger partial charge in [-0.1, -0.05) is 0 Å². The van der Waals surface area contributed by atoms with Crippen molar-refractivity contribution in [3.63, 3.8) is 0 Å². The van der Waals surface area contributed by atoms with Gasteiger partial charge in [0, 0.05) is 6.54 Å². The fourth-order valence-electron chi connectivity index (χ4n) is 1.26. The van der Waals surface area contributed by atoms with Crippen LogP contribution in [0.5, 0.6) is 0 Å². The number of anilines is 2. The van der Waals surface area contributed by atoms with E-state index in [0.717, 1.165) is 31.0 Å². The Bertz CT molecular complexity index is 363. The number of nitrogens with one attached hydrogen (secondary N) is 1. The topological polar surface area (TPSA) is 97.3 Å². The van der Waals surface area contributed by atoms with Gasteiger partial charge in [-0.3, -0.25) is 4.79 Å². The third kappa shape index (κ3) is 3.35. The zero-order valence-electron chi connectivity index (χ0n) is 9.49. The Labute approximate surface area is 98.8 Å². The number of carbonyl (C=O) groups excluding carboxylic acids is 1. The lowest BCUT2D eigenvalue weighted by molar-refractivity contribution is 0.100. The zero-order valence-corrected chi connectivity index (χ0v) is 10.3. The van der Waals surface area contributed by atoms with Crippen LogP contribution < -0.4 is 16.8 Å². The molecule has 16 heavy (non-hydrogen) atoms. The lowest BCUT2D eigenvalue weighted by Gasteiger charge is -2.09. The van der Waals surface area contributed by atoms with Gasteiger partial charge in [-0.15, -0.1) is 0 Å². The molecule has 1 rings (SSSR count). The molecule has 0 bridgehead atoms. The highest BCUT2D eigenvalue weighted by Crippen LogP contribution is 2.25. The minimum Gasteiger partial charge on any atom is -0.382 e. The average molecular weight is 243 g/mol. The van der Waals surface area contributed by atoms with E-state index in [2.05, 4.69) is 14.6 Å². The molecule has 0 aliphatic rings. The Morgan fingerprint density at radius 1 is 1.56 bits per heavy atom. The van der Waals surface area contributed by atoms with E-state index in [1.807, 2.05) is 14.1 Å². The van der Waals surface area contributed by atoms with Crippen molar-refractivity contribution in [3.05, 3.63) is 5.56 Å². The molecule has 6 nitrogen and oxygen atoms in total. The number of carbonyl (C=O) groups is 1. The Balaban J connectivity index is 2.51. The number of primary amides is 1. The van der Waals surface area contributed by atoms with Crippen LogP contribution in [0.1, 0.15) is 16.8 Å². The predicted molar refractivity (Wildman–Crippen MR) is 66.7 cm³/mol. The normalized spacial score (nSPS) is 10.7. The van der Waals surface area contributed by atoms with Crippen LogP contribution in [0, 0.1) is 0 Å². The molecular weight excluding hydrogens is 226 g/mol. The second-order valence-corrected chi connectivity index (χ2v) is 4.49. The smallest absolute Gasteiger partial charge is 0.255 e. The van der Waals surface area contributed by atoms with Gasteiger partial charge >= 0.3 is 0 Å². The molecule has 0 saturated heterocycles. The summed E-state index contributed by atoms with van der Waals surface area (Å²) in [7, 11) is 4.03. The molecule has 1 heterocycles. The van der Waals surface area contributed by atoms with Crippen LogP contribution in [0.15, 0.2) is 0 Å². The van der Waals surface area contributed by atoms with E-state index in [1.54, 1.807) is 0 Å². The van der Waals surface area contributed by atoms with Crippen molar-refractivity contribution < 1.29 is 4.79 Å². The third-order valence-corrected chi connectivity index (χ3v) is 2.85. The molecule has 0 aliphatic heterocycles. The average Bonchev–Trinajstić information content (AvgIpc) is 2.54. The Kier molecular flexibility index (Phi) is 4.51. The largest absolute Gasteiger partial charge is 0.382 e. The van der Waals surface area contributed by atoms with E-state index in [4.69, 9.17) is 11.5 Å². The summed E-state index contributed by atoms with van der Waals surface area (Å²) in [6.07, 6.45) is 0.975. The molecule has 0 atom stereocenters. The van der Waals surface area contributed by atoms with Gasteiger partial charge in [0.25, 0.3) is 5.91 Å². The first kappa shape index (κ1) is 12.7. The predicted octanol–water partition coefficient (Wildman–Crippen LogP) is 0.188. The van der Waals surface area contributed by atoms with Crippen LogP contribution in [-0.2, 0) is 0 Å². The first-order valence-electron chi connectivity index (χ1n) is 4.96. The van der Waals surface area contributed by atoms with Crippen LogP contribution in [0.2, 0.25) is 0 Å². The van der Waals surface area contributed by atoms with E-state index in [-0.39, 0.29) is 5.82 Å². The molecule has 0 aliphatic carbocycles.